The van der Waals surface area contributed by atoms with Gasteiger partial charge in [0.2, 0.25) is 5.91 Å². The van der Waals surface area contributed by atoms with Gasteiger partial charge in [-0.3, -0.25) is 14.2 Å². The van der Waals surface area contributed by atoms with E-state index in [-0.39, 0.29) is 30.1 Å². The van der Waals surface area contributed by atoms with Gasteiger partial charge in [0.15, 0.2) is 0 Å². The molecule has 0 bridgehead atoms. The van der Waals surface area contributed by atoms with Gasteiger partial charge in [0.25, 0.3) is 5.56 Å². The number of halogens is 2. The molecule has 1 amide bonds. The van der Waals surface area contributed by atoms with Gasteiger partial charge in [0.1, 0.15) is 23.4 Å². The Hall–Kier alpha value is -3.62. The van der Waals surface area contributed by atoms with Crippen LogP contribution in [0.1, 0.15) is 5.56 Å². The number of hydrogen-bond donors (Lipinski definition) is 1. The molecule has 0 fully saturated rings. The predicted octanol–water partition coefficient (Wildman–Crippen LogP) is 5.55. The lowest BCUT2D eigenvalue weighted by atomic mass is 10.2. The number of thioether (sulfide) groups is 1. The molecule has 0 saturated carbocycles. The van der Waals surface area contributed by atoms with Gasteiger partial charge >= 0.3 is 0 Å². The molecule has 5 rings (SSSR count). The van der Waals surface area contributed by atoms with Crippen molar-refractivity contribution in [2.24, 2.45) is 0 Å². The fraction of sp³-hybridized carbons (Fsp3) is 0.115. The van der Waals surface area contributed by atoms with Crippen molar-refractivity contribution in [3.8, 4) is 0 Å². The summed E-state index contributed by atoms with van der Waals surface area (Å²) in [5.74, 6) is -0.760. The first kappa shape index (κ1) is 23.1. The molecule has 3 aromatic carbocycles. The average molecular weight is 507 g/mol. The van der Waals surface area contributed by atoms with Gasteiger partial charge in [-0.2, -0.15) is 0 Å². The fourth-order valence-corrected chi connectivity index (χ4v) is 4.76. The maximum atomic E-state index is 14.1. The number of benzene rings is 3. The monoisotopic (exact) mass is 506 g/mol. The summed E-state index contributed by atoms with van der Waals surface area (Å²) in [6.07, 6.45) is 3.38. The number of hydrogen-bond acceptors (Lipinski definition) is 4. The number of carbonyl (C=O) groups excluding carboxylic acids is 1. The minimum atomic E-state index is -0.447. The molecule has 1 N–H and O–H groups in total. The van der Waals surface area contributed by atoms with Crippen LogP contribution < -0.4 is 10.9 Å². The zero-order valence-corrected chi connectivity index (χ0v) is 20.2. The van der Waals surface area contributed by atoms with Crippen molar-refractivity contribution in [3.63, 3.8) is 0 Å². The number of nitrogens with one attached hydrogen (secondary N) is 1. The lowest BCUT2D eigenvalue weighted by Crippen LogP contribution is -2.25. The lowest BCUT2D eigenvalue weighted by Gasteiger charge is -2.11. The average Bonchev–Trinajstić information content (AvgIpc) is 3.15. The summed E-state index contributed by atoms with van der Waals surface area (Å²) in [4.78, 5) is 32.1. The van der Waals surface area contributed by atoms with E-state index >= 15 is 0 Å². The normalized spacial score (nSPS) is 11.3. The number of aromatic nitrogens is 3. The molecule has 2 heterocycles. The second kappa shape index (κ2) is 9.56. The SMILES string of the molecule is CSc1cccc(NC(=O)Cn2c3ccc(F)cc3c3ncn(Cc4ccccc4Cl)c(=O)c32)c1. The first-order chi connectivity index (χ1) is 16.9. The van der Waals surface area contributed by atoms with Crippen LogP contribution in [-0.2, 0) is 17.9 Å². The van der Waals surface area contributed by atoms with Gasteiger partial charge in [-0.1, -0.05) is 35.9 Å². The summed E-state index contributed by atoms with van der Waals surface area (Å²) < 4.78 is 17.1. The maximum Gasteiger partial charge on any atom is 0.278 e. The topological polar surface area (TPSA) is 68.9 Å². The van der Waals surface area contributed by atoms with E-state index in [2.05, 4.69) is 10.3 Å². The highest BCUT2D eigenvalue weighted by molar-refractivity contribution is 7.98. The standard InChI is InChI=1S/C26H20ClFN4O2S/c1-35-19-7-4-6-18(12-19)30-23(33)14-32-22-10-9-17(28)11-20(22)24-25(32)26(34)31(15-29-24)13-16-5-2-3-8-21(16)27/h2-12,15H,13-14H2,1H3,(H,30,33). The van der Waals surface area contributed by atoms with Crippen molar-refractivity contribution < 1.29 is 9.18 Å². The highest BCUT2D eigenvalue weighted by Gasteiger charge is 2.19. The largest absolute Gasteiger partial charge is 0.325 e. The van der Waals surface area contributed by atoms with Crippen LogP contribution in [0.4, 0.5) is 10.1 Å². The third-order valence-corrected chi connectivity index (χ3v) is 6.84. The lowest BCUT2D eigenvalue weighted by molar-refractivity contribution is -0.116. The minimum absolute atomic E-state index is 0.137. The second-order valence-electron chi connectivity index (χ2n) is 7.99. The Morgan fingerprint density at radius 2 is 1.94 bits per heavy atom. The molecule has 9 heteroatoms. The van der Waals surface area contributed by atoms with E-state index < -0.39 is 5.82 Å². The zero-order valence-electron chi connectivity index (χ0n) is 18.7. The molecule has 0 aliphatic heterocycles. The molecular formula is C26H20ClFN4O2S. The maximum absolute atomic E-state index is 14.1. The van der Waals surface area contributed by atoms with Crippen LogP contribution in [0.5, 0.6) is 0 Å². The predicted molar refractivity (Wildman–Crippen MR) is 139 cm³/mol. The van der Waals surface area contributed by atoms with Crippen molar-refractivity contribution in [2.45, 2.75) is 18.0 Å². The molecule has 0 saturated heterocycles. The van der Waals surface area contributed by atoms with E-state index in [1.165, 1.54) is 23.0 Å². The van der Waals surface area contributed by atoms with Gasteiger partial charge in [-0.05, 0) is 54.3 Å². The molecule has 35 heavy (non-hydrogen) atoms. The number of anilines is 1. The molecule has 0 aliphatic carbocycles. The summed E-state index contributed by atoms with van der Waals surface area (Å²) in [6, 6.07) is 18.9. The van der Waals surface area contributed by atoms with Crippen LogP contribution in [0, 0.1) is 5.82 Å². The zero-order chi connectivity index (χ0) is 24.5. The number of carbonyl (C=O) groups is 1. The van der Waals surface area contributed by atoms with Crippen molar-refractivity contribution in [3.05, 3.63) is 99.8 Å². The molecule has 0 unspecified atom stereocenters. The van der Waals surface area contributed by atoms with Gasteiger partial charge in [-0.15, -0.1) is 11.8 Å². The number of fused-ring (bicyclic) bond motifs is 3. The van der Waals surface area contributed by atoms with Gasteiger partial charge < -0.3 is 9.88 Å². The van der Waals surface area contributed by atoms with Crippen LogP contribution in [0.25, 0.3) is 21.9 Å². The molecule has 5 aromatic rings. The quantitative estimate of drug-likeness (QED) is 0.306. The molecule has 0 atom stereocenters. The Bertz CT molecular complexity index is 1650. The second-order valence-corrected chi connectivity index (χ2v) is 9.28. The van der Waals surface area contributed by atoms with Crippen LogP contribution >= 0.6 is 23.4 Å². The van der Waals surface area contributed by atoms with E-state index in [1.807, 2.05) is 42.7 Å². The van der Waals surface area contributed by atoms with Gasteiger partial charge in [0.05, 0.1) is 18.4 Å². The number of rotatable bonds is 6. The molecule has 0 radical (unpaired) electrons. The molecule has 0 spiro atoms. The minimum Gasteiger partial charge on any atom is -0.325 e. The summed E-state index contributed by atoms with van der Waals surface area (Å²) in [7, 11) is 0. The van der Waals surface area contributed by atoms with Gasteiger partial charge in [-0.25, -0.2) is 9.37 Å². The van der Waals surface area contributed by atoms with Crippen LogP contribution in [-0.4, -0.2) is 26.3 Å². The third-order valence-electron chi connectivity index (χ3n) is 5.74. The van der Waals surface area contributed by atoms with E-state index in [1.54, 1.807) is 34.5 Å². The van der Waals surface area contributed by atoms with Crippen molar-refractivity contribution in [1.29, 1.82) is 0 Å². The third kappa shape index (κ3) is 4.54. The Balaban J connectivity index is 1.59. The molecular weight excluding hydrogens is 487 g/mol. The van der Waals surface area contributed by atoms with Crippen molar-refractivity contribution >= 4 is 56.9 Å². The fourth-order valence-electron chi connectivity index (χ4n) is 4.10. The van der Waals surface area contributed by atoms with E-state index in [0.29, 0.717) is 27.1 Å². The first-order valence-corrected chi connectivity index (χ1v) is 12.4. The highest BCUT2D eigenvalue weighted by atomic mass is 35.5. The van der Waals surface area contributed by atoms with E-state index in [0.717, 1.165) is 10.5 Å². The Labute approximate surface area is 209 Å². The summed E-state index contributed by atoms with van der Waals surface area (Å²) in [5, 5.41) is 3.89. The molecule has 176 valence electrons. The smallest absolute Gasteiger partial charge is 0.278 e. The van der Waals surface area contributed by atoms with Crippen LogP contribution in [0.3, 0.4) is 0 Å². The summed E-state index contributed by atoms with van der Waals surface area (Å²) in [6.45, 7) is 0.0765. The van der Waals surface area contributed by atoms with Crippen molar-refractivity contribution in [2.75, 3.05) is 11.6 Å². The Morgan fingerprint density at radius 3 is 2.74 bits per heavy atom. The Kier molecular flexibility index (Phi) is 6.32. The first-order valence-electron chi connectivity index (χ1n) is 10.8. The molecule has 0 aliphatic rings. The van der Waals surface area contributed by atoms with E-state index in [4.69, 9.17) is 11.6 Å². The Morgan fingerprint density at radius 1 is 1.11 bits per heavy atom. The number of nitrogens with zero attached hydrogens (tertiary/aromatic N) is 3. The van der Waals surface area contributed by atoms with E-state index in [9.17, 15) is 14.0 Å². The van der Waals surface area contributed by atoms with Crippen LogP contribution in [0.15, 0.2) is 82.7 Å². The molecule has 6 nitrogen and oxygen atoms in total. The summed E-state index contributed by atoms with van der Waals surface area (Å²) >= 11 is 7.86. The summed E-state index contributed by atoms with van der Waals surface area (Å²) in [5.41, 5.74) is 2.20. The van der Waals surface area contributed by atoms with Crippen molar-refractivity contribution in [1.82, 2.24) is 14.1 Å². The molecule has 2 aromatic heterocycles. The van der Waals surface area contributed by atoms with Crippen LogP contribution in [0.2, 0.25) is 5.02 Å². The highest BCUT2D eigenvalue weighted by Crippen LogP contribution is 2.27. The van der Waals surface area contributed by atoms with Gasteiger partial charge in [0, 0.05) is 21.0 Å². The number of amides is 1.